The number of hydrogen-bond acceptors (Lipinski definition) is 4. The zero-order valence-corrected chi connectivity index (χ0v) is 13.5. The molecule has 0 bridgehead atoms. The van der Waals surface area contributed by atoms with Crippen molar-refractivity contribution in [3.05, 3.63) is 58.3 Å². The van der Waals surface area contributed by atoms with Gasteiger partial charge in [-0.1, -0.05) is 35.3 Å². The molecule has 0 aliphatic heterocycles. The van der Waals surface area contributed by atoms with Gasteiger partial charge in [-0.15, -0.1) is 0 Å². The lowest BCUT2D eigenvalue weighted by Crippen LogP contribution is -2.26. The minimum absolute atomic E-state index is 0.0358. The Hall–Kier alpha value is -2.21. The fourth-order valence-electron chi connectivity index (χ4n) is 2.21. The van der Waals surface area contributed by atoms with Crippen molar-refractivity contribution in [3.8, 4) is 5.75 Å². The molecule has 0 radical (unpaired) electrons. The average Bonchev–Trinajstić information content (AvgIpc) is 2.90. The van der Waals surface area contributed by atoms with Crippen LogP contribution in [0.5, 0.6) is 5.75 Å². The van der Waals surface area contributed by atoms with Crippen LogP contribution in [0, 0.1) is 5.41 Å². The van der Waals surface area contributed by atoms with E-state index in [2.05, 4.69) is 0 Å². The van der Waals surface area contributed by atoms with Crippen LogP contribution in [0.4, 0.5) is 5.69 Å². The van der Waals surface area contributed by atoms with Gasteiger partial charge in [-0.25, -0.2) is 5.06 Å². The third-order valence-corrected chi connectivity index (χ3v) is 3.93. The van der Waals surface area contributed by atoms with Gasteiger partial charge in [0, 0.05) is 10.4 Å². The number of hydrogen-bond donors (Lipinski definition) is 2. The van der Waals surface area contributed by atoms with Gasteiger partial charge >= 0.3 is 0 Å². The lowest BCUT2D eigenvalue weighted by Gasteiger charge is -2.16. The zero-order chi connectivity index (χ0) is 16.6. The summed E-state index contributed by atoms with van der Waals surface area (Å²) in [5.74, 6) is 0.222. The Morgan fingerprint density at radius 3 is 2.65 bits per heavy atom. The molecule has 0 saturated heterocycles. The second-order valence-electron chi connectivity index (χ2n) is 4.72. The predicted molar refractivity (Wildman–Crippen MR) is 90.3 cm³/mol. The lowest BCUT2D eigenvalue weighted by atomic mass is 10.2. The molecule has 0 aliphatic rings. The highest BCUT2D eigenvalue weighted by Gasteiger charge is 2.23. The predicted octanol–water partition coefficient (Wildman–Crippen LogP) is 4.97. The molecule has 2 aromatic carbocycles. The monoisotopic (exact) mass is 350 g/mol. The summed E-state index contributed by atoms with van der Waals surface area (Å²) in [6.07, 6.45) is 0. The Bertz CT molecular complexity index is 892. The second-order valence-corrected chi connectivity index (χ2v) is 5.54. The van der Waals surface area contributed by atoms with Crippen molar-refractivity contribution in [2.45, 2.75) is 0 Å². The standard InChI is InChI=1S/C16H12Cl2N2O3/c1-22-12-7-3-6-11-13(18)15(23-14(11)12)16(19)20(21)10-5-2-4-9(17)8-10/h2-8,19,21H,1H3. The van der Waals surface area contributed by atoms with Crippen molar-refractivity contribution in [2.75, 3.05) is 12.2 Å². The summed E-state index contributed by atoms with van der Waals surface area (Å²) in [6.45, 7) is 0. The van der Waals surface area contributed by atoms with Crippen molar-refractivity contribution in [1.82, 2.24) is 0 Å². The first-order valence-corrected chi connectivity index (χ1v) is 7.37. The molecule has 3 rings (SSSR count). The Morgan fingerprint density at radius 1 is 1.22 bits per heavy atom. The number of fused-ring (bicyclic) bond motifs is 1. The number of methoxy groups -OCH3 is 1. The SMILES string of the molecule is COc1cccc2c(Cl)c(C(=N)N(O)c3cccc(Cl)c3)oc12. The van der Waals surface area contributed by atoms with E-state index in [1.165, 1.54) is 13.2 Å². The van der Waals surface area contributed by atoms with Gasteiger partial charge in [-0.3, -0.25) is 10.6 Å². The van der Waals surface area contributed by atoms with Gasteiger partial charge in [0.2, 0.25) is 0 Å². The molecular formula is C16H12Cl2N2O3. The zero-order valence-electron chi connectivity index (χ0n) is 12.0. The van der Waals surface area contributed by atoms with Gasteiger partial charge in [0.25, 0.3) is 0 Å². The molecule has 1 aromatic heterocycles. The number of nitrogens with zero attached hydrogens (tertiary/aromatic N) is 1. The average molecular weight is 351 g/mol. The van der Waals surface area contributed by atoms with Crippen LogP contribution in [0.1, 0.15) is 5.76 Å². The fourth-order valence-corrected chi connectivity index (χ4v) is 2.67. The lowest BCUT2D eigenvalue weighted by molar-refractivity contribution is 0.309. The number of furan rings is 1. The van der Waals surface area contributed by atoms with E-state index in [0.717, 1.165) is 0 Å². The Morgan fingerprint density at radius 2 is 1.96 bits per heavy atom. The molecule has 0 spiro atoms. The molecule has 0 unspecified atom stereocenters. The Kier molecular flexibility index (Phi) is 4.17. The number of rotatable bonds is 3. The number of anilines is 1. The molecule has 3 aromatic rings. The van der Waals surface area contributed by atoms with Crippen LogP contribution in [-0.2, 0) is 0 Å². The normalized spacial score (nSPS) is 10.8. The number of nitrogens with one attached hydrogen (secondary N) is 1. The second kappa shape index (κ2) is 6.12. The van der Waals surface area contributed by atoms with Crippen molar-refractivity contribution in [2.24, 2.45) is 0 Å². The number of benzene rings is 2. The van der Waals surface area contributed by atoms with E-state index in [9.17, 15) is 5.21 Å². The summed E-state index contributed by atoms with van der Waals surface area (Å²) >= 11 is 12.2. The van der Waals surface area contributed by atoms with E-state index in [4.69, 9.17) is 37.8 Å². The van der Waals surface area contributed by atoms with Crippen molar-refractivity contribution in [3.63, 3.8) is 0 Å². The first kappa shape index (κ1) is 15.7. The van der Waals surface area contributed by atoms with Gasteiger partial charge in [-0.05, 0) is 30.3 Å². The van der Waals surface area contributed by atoms with Gasteiger partial charge < -0.3 is 9.15 Å². The van der Waals surface area contributed by atoms with Crippen LogP contribution in [0.25, 0.3) is 11.0 Å². The number of ether oxygens (including phenoxy) is 1. The minimum atomic E-state index is -0.310. The van der Waals surface area contributed by atoms with E-state index in [0.29, 0.717) is 32.5 Å². The molecule has 0 fully saturated rings. The molecular weight excluding hydrogens is 339 g/mol. The Labute approximate surface area is 142 Å². The number of hydroxylamine groups is 1. The fraction of sp³-hybridized carbons (Fsp3) is 0.0625. The molecule has 118 valence electrons. The van der Waals surface area contributed by atoms with E-state index >= 15 is 0 Å². The third kappa shape index (κ3) is 2.74. The summed E-state index contributed by atoms with van der Waals surface area (Å²) in [5, 5.41) is 20.3. The number of amidine groups is 1. The van der Waals surface area contributed by atoms with Gasteiger partial charge in [0.05, 0.1) is 17.8 Å². The number of halogens is 2. The maximum atomic E-state index is 10.2. The molecule has 7 heteroatoms. The first-order valence-electron chi connectivity index (χ1n) is 6.61. The smallest absolute Gasteiger partial charge is 0.195 e. The molecule has 0 amide bonds. The molecule has 0 atom stereocenters. The number of para-hydroxylation sites is 1. The highest BCUT2D eigenvalue weighted by molar-refractivity contribution is 6.39. The van der Waals surface area contributed by atoms with Crippen LogP contribution >= 0.6 is 23.2 Å². The quantitative estimate of drug-likeness (QED) is 0.397. The van der Waals surface area contributed by atoms with Crippen LogP contribution in [0.3, 0.4) is 0 Å². The highest BCUT2D eigenvalue weighted by Crippen LogP contribution is 2.36. The van der Waals surface area contributed by atoms with Crippen molar-refractivity contribution in [1.29, 1.82) is 5.41 Å². The van der Waals surface area contributed by atoms with Crippen molar-refractivity contribution < 1.29 is 14.4 Å². The molecule has 5 nitrogen and oxygen atoms in total. The third-order valence-electron chi connectivity index (χ3n) is 3.32. The maximum Gasteiger partial charge on any atom is 0.195 e. The molecule has 1 heterocycles. The molecule has 0 saturated carbocycles. The minimum Gasteiger partial charge on any atom is -0.493 e. The molecule has 2 N–H and O–H groups in total. The van der Waals surface area contributed by atoms with Crippen LogP contribution in [0.2, 0.25) is 10.0 Å². The van der Waals surface area contributed by atoms with Crippen molar-refractivity contribution >= 4 is 45.7 Å². The van der Waals surface area contributed by atoms with E-state index in [1.54, 1.807) is 36.4 Å². The summed E-state index contributed by atoms with van der Waals surface area (Å²) in [4.78, 5) is 0. The topological polar surface area (TPSA) is 69.7 Å². The molecule has 0 aliphatic carbocycles. The largest absolute Gasteiger partial charge is 0.493 e. The maximum absolute atomic E-state index is 10.2. The summed E-state index contributed by atoms with van der Waals surface area (Å²) < 4.78 is 10.9. The van der Waals surface area contributed by atoms with E-state index in [1.807, 2.05) is 0 Å². The summed E-state index contributed by atoms with van der Waals surface area (Å²) in [6, 6.07) is 11.7. The van der Waals surface area contributed by atoms with Crippen LogP contribution in [0.15, 0.2) is 46.9 Å². The van der Waals surface area contributed by atoms with Crippen LogP contribution in [-0.4, -0.2) is 18.2 Å². The van der Waals surface area contributed by atoms with E-state index in [-0.39, 0.29) is 16.6 Å². The molecule has 23 heavy (non-hydrogen) atoms. The summed E-state index contributed by atoms with van der Waals surface area (Å²) in [7, 11) is 1.51. The van der Waals surface area contributed by atoms with Gasteiger partial charge in [0.15, 0.2) is 22.9 Å². The van der Waals surface area contributed by atoms with Gasteiger partial charge in [0.1, 0.15) is 0 Å². The van der Waals surface area contributed by atoms with Gasteiger partial charge in [-0.2, -0.15) is 0 Å². The summed E-state index contributed by atoms with van der Waals surface area (Å²) in [5.41, 5.74) is 0.741. The highest BCUT2D eigenvalue weighted by atomic mass is 35.5. The first-order chi connectivity index (χ1) is 11.0. The van der Waals surface area contributed by atoms with Crippen LogP contribution < -0.4 is 9.80 Å². The van der Waals surface area contributed by atoms with E-state index < -0.39 is 0 Å². The Balaban J connectivity index is 2.06.